The molecule has 0 aromatic heterocycles. The summed E-state index contributed by atoms with van der Waals surface area (Å²) in [6.07, 6.45) is -4.57. The van der Waals surface area contributed by atoms with Gasteiger partial charge in [0, 0.05) is 17.8 Å². The molecule has 0 amide bonds. The Labute approximate surface area is 163 Å². The second kappa shape index (κ2) is 9.22. The molecule has 0 spiro atoms. The van der Waals surface area contributed by atoms with Gasteiger partial charge in [-0.2, -0.15) is 13.2 Å². The predicted octanol–water partition coefficient (Wildman–Crippen LogP) is 4.74. The lowest BCUT2D eigenvalue weighted by Crippen LogP contribution is -2.20. The van der Waals surface area contributed by atoms with Crippen molar-refractivity contribution >= 4 is 34.4 Å². The van der Waals surface area contributed by atoms with Crippen LogP contribution in [0.4, 0.5) is 30.2 Å². The zero-order chi connectivity index (χ0) is 20.7. The van der Waals surface area contributed by atoms with Crippen LogP contribution in [0.1, 0.15) is 6.92 Å². The van der Waals surface area contributed by atoms with Crippen LogP contribution < -0.4 is 20.1 Å². The van der Waals surface area contributed by atoms with Gasteiger partial charge in [-0.25, -0.2) is 0 Å². The van der Waals surface area contributed by atoms with Crippen molar-refractivity contribution in [2.75, 3.05) is 23.8 Å². The highest BCUT2D eigenvalue weighted by Gasteiger charge is 2.28. The van der Waals surface area contributed by atoms with E-state index < -0.39 is 23.4 Å². The first-order chi connectivity index (χ1) is 13.2. The summed E-state index contributed by atoms with van der Waals surface area (Å²) in [7, 11) is 0. The largest absolute Gasteiger partial charge is 0.494 e. The molecule has 0 fully saturated rings. The lowest BCUT2D eigenvalue weighted by molar-refractivity contribution is -0.384. The predicted molar refractivity (Wildman–Crippen MR) is 102 cm³/mol. The number of nitrogens with zero attached hydrogens (tertiary/aromatic N) is 1. The average Bonchev–Trinajstić information content (AvgIpc) is 2.61. The normalized spacial score (nSPS) is 10.9. The summed E-state index contributed by atoms with van der Waals surface area (Å²) in [5.74, 6) is 0.370. The van der Waals surface area contributed by atoms with E-state index >= 15 is 0 Å². The number of non-ortho nitro benzene ring substituents is 1. The number of benzene rings is 2. The first-order valence-electron chi connectivity index (χ1n) is 7.96. The highest BCUT2D eigenvalue weighted by Crippen LogP contribution is 2.28. The van der Waals surface area contributed by atoms with E-state index in [0.717, 1.165) is 12.1 Å². The van der Waals surface area contributed by atoms with Crippen LogP contribution in [0, 0.1) is 10.1 Å². The molecule has 0 bridgehead atoms. The summed E-state index contributed by atoms with van der Waals surface area (Å²) < 4.78 is 46.9. The molecular formula is C17H16F3N3O4S. The minimum absolute atomic E-state index is 0.0893. The number of halogens is 3. The number of hydrogen-bond acceptors (Lipinski definition) is 5. The fourth-order valence-electron chi connectivity index (χ4n) is 2.10. The number of nitrogens with one attached hydrogen (secondary N) is 2. The van der Waals surface area contributed by atoms with Gasteiger partial charge in [0.2, 0.25) is 0 Å². The molecule has 0 radical (unpaired) electrons. The molecule has 2 aromatic carbocycles. The van der Waals surface area contributed by atoms with Crippen molar-refractivity contribution in [2.24, 2.45) is 0 Å². The van der Waals surface area contributed by atoms with E-state index in [4.69, 9.17) is 17.0 Å². The van der Waals surface area contributed by atoms with Crippen molar-refractivity contribution in [3.8, 4) is 11.5 Å². The molecule has 2 rings (SSSR count). The highest BCUT2D eigenvalue weighted by atomic mass is 32.1. The van der Waals surface area contributed by atoms with Crippen LogP contribution in [-0.2, 0) is 0 Å². The highest BCUT2D eigenvalue weighted by molar-refractivity contribution is 7.80. The van der Waals surface area contributed by atoms with E-state index in [1.165, 1.54) is 6.07 Å². The van der Waals surface area contributed by atoms with Crippen molar-refractivity contribution < 1.29 is 27.6 Å². The van der Waals surface area contributed by atoms with Crippen molar-refractivity contribution in [1.29, 1.82) is 0 Å². The van der Waals surface area contributed by atoms with Crippen LogP contribution in [0.15, 0.2) is 42.5 Å². The van der Waals surface area contributed by atoms with Gasteiger partial charge in [0.25, 0.3) is 5.69 Å². The molecule has 7 nitrogen and oxygen atoms in total. The Morgan fingerprint density at radius 3 is 2.29 bits per heavy atom. The van der Waals surface area contributed by atoms with Crippen molar-refractivity contribution in [3.05, 3.63) is 52.6 Å². The first kappa shape index (κ1) is 21.2. The fourth-order valence-corrected chi connectivity index (χ4v) is 2.34. The van der Waals surface area contributed by atoms with E-state index in [0.29, 0.717) is 18.0 Å². The number of ether oxygens (including phenoxy) is 2. The second-order valence-electron chi connectivity index (χ2n) is 5.41. The molecule has 28 heavy (non-hydrogen) atoms. The van der Waals surface area contributed by atoms with E-state index in [-0.39, 0.29) is 16.5 Å². The van der Waals surface area contributed by atoms with E-state index in [1.807, 2.05) is 6.92 Å². The van der Waals surface area contributed by atoms with Gasteiger partial charge in [0.1, 0.15) is 11.5 Å². The molecule has 11 heteroatoms. The lowest BCUT2D eigenvalue weighted by Gasteiger charge is -2.13. The minimum atomic E-state index is -4.57. The van der Waals surface area contributed by atoms with E-state index in [2.05, 4.69) is 15.4 Å². The minimum Gasteiger partial charge on any atom is -0.494 e. The zero-order valence-corrected chi connectivity index (χ0v) is 15.4. The fraction of sp³-hybridized carbons (Fsp3) is 0.235. The number of nitro groups is 1. The Balaban J connectivity index is 2.09. The van der Waals surface area contributed by atoms with Crippen LogP contribution in [0.5, 0.6) is 11.5 Å². The molecule has 0 saturated carbocycles. The van der Waals surface area contributed by atoms with Gasteiger partial charge in [-0.3, -0.25) is 10.1 Å². The summed E-state index contributed by atoms with van der Waals surface area (Å²) in [6, 6.07) is 10.1. The van der Waals surface area contributed by atoms with Crippen molar-refractivity contribution in [3.63, 3.8) is 0 Å². The molecule has 0 aliphatic rings. The smallest absolute Gasteiger partial charge is 0.422 e. The number of nitro benzene ring substituents is 1. The van der Waals surface area contributed by atoms with Gasteiger partial charge in [-0.05, 0) is 43.4 Å². The molecule has 150 valence electrons. The van der Waals surface area contributed by atoms with Crippen LogP contribution in [0.3, 0.4) is 0 Å². The Kier molecular flexibility index (Phi) is 6.99. The molecular weight excluding hydrogens is 399 g/mol. The maximum atomic E-state index is 12.3. The maximum Gasteiger partial charge on any atom is 0.422 e. The van der Waals surface area contributed by atoms with E-state index in [9.17, 15) is 23.3 Å². The van der Waals surface area contributed by atoms with Gasteiger partial charge in [0.15, 0.2) is 11.7 Å². The topological polar surface area (TPSA) is 85.7 Å². The Hall–Kier alpha value is -3.08. The summed E-state index contributed by atoms with van der Waals surface area (Å²) in [5.41, 5.74) is 0.292. The van der Waals surface area contributed by atoms with Gasteiger partial charge in [-0.1, -0.05) is 0 Å². The van der Waals surface area contributed by atoms with Gasteiger partial charge in [0.05, 0.1) is 23.3 Å². The molecule has 0 heterocycles. The Morgan fingerprint density at radius 2 is 1.71 bits per heavy atom. The maximum absolute atomic E-state index is 12.3. The third kappa shape index (κ3) is 6.91. The number of hydrogen-bond donors (Lipinski definition) is 2. The summed E-state index contributed by atoms with van der Waals surface area (Å²) in [4.78, 5) is 10.3. The SMILES string of the molecule is CCOc1ccc(NC(=S)Nc2cc(OCC(F)(F)F)cc([N+](=O)[O-])c2)cc1. The summed E-state index contributed by atoms with van der Waals surface area (Å²) in [5, 5.41) is 16.6. The average molecular weight is 415 g/mol. The standard InChI is InChI=1S/C17H16F3N3O4S/c1-2-26-14-5-3-11(4-6-14)21-16(28)22-12-7-13(23(24)25)9-15(8-12)27-10-17(18,19)20/h3-9H,2,10H2,1H3,(H2,21,22,28). The van der Waals surface area contributed by atoms with Gasteiger partial charge >= 0.3 is 6.18 Å². The zero-order valence-electron chi connectivity index (χ0n) is 14.6. The van der Waals surface area contributed by atoms with Crippen LogP contribution in [0.2, 0.25) is 0 Å². The Morgan fingerprint density at radius 1 is 1.07 bits per heavy atom. The van der Waals surface area contributed by atoms with Crippen LogP contribution in [-0.4, -0.2) is 29.4 Å². The van der Waals surface area contributed by atoms with Gasteiger partial charge in [-0.15, -0.1) is 0 Å². The lowest BCUT2D eigenvalue weighted by atomic mass is 10.2. The van der Waals surface area contributed by atoms with Crippen molar-refractivity contribution in [1.82, 2.24) is 0 Å². The second-order valence-corrected chi connectivity index (χ2v) is 5.82. The first-order valence-corrected chi connectivity index (χ1v) is 8.37. The molecule has 0 unspecified atom stereocenters. The van der Waals surface area contributed by atoms with E-state index in [1.54, 1.807) is 24.3 Å². The number of rotatable bonds is 7. The quantitative estimate of drug-likeness (QED) is 0.384. The van der Waals surface area contributed by atoms with Crippen LogP contribution in [0.25, 0.3) is 0 Å². The summed E-state index contributed by atoms with van der Waals surface area (Å²) >= 11 is 5.13. The summed E-state index contributed by atoms with van der Waals surface area (Å²) in [6.45, 7) is 0.817. The molecule has 2 N–H and O–H groups in total. The monoisotopic (exact) mass is 415 g/mol. The number of alkyl halides is 3. The third-order valence-electron chi connectivity index (χ3n) is 3.19. The van der Waals surface area contributed by atoms with Crippen molar-refractivity contribution in [2.45, 2.75) is 13.1 Å². The third-order valence-corrected chi connectivity index (χ3v) is 3.39. The molecule has 0 saturated heterocycles. The molecule has 0 aliphatic heterocycles. The van der Waals surface area contributed by atoms with Gasteiger partial charge < -0.3 is 20.1 Å². The Bertz CT molecular complexity index is 845. The number of thiocarbonyl (C=S) groups is 1. The van der Waals surface area contributed by atoms with Crippen LogP contribution >= 0.6 is 12.2 Å². The molecule has 0 atom stereocenters. The number of anilines is 2. The molecule has 0 aliphatic carbocycles. The molecule has 2 aromatic rings.